The largest absolute Gasteiger partial charge is 0.454 e. The minimum atomic E-state index is -0.372. The molecule has 1 unspecified atom stereocenters. The van der Waals surface area contributed by atoms with Crippen LogP contribution in [0.15, 0.2) is 48.5 Å². The monoisotopic (exact) mass is 231 g/mol. The summed E-state index contributed by atoms with van der Waals surface area (Å²) in [4.78, 5) is 0. The van der Waals surface area contributed by atoms with Crippen LogP contribution in [0, 0.1) is 5.82 Å². The summed E-state index contributed by atoms with van der Waals surface area (Å²) in [5, 5.41) is 0. The molecule has 0 aromatic heterocycles. The number of rotatable bonds is 3. The van der Waals surface area contributed by atoms with Crippen LogP contribution in [-0.4, -0.2) is 0 Å². The Hall–Kier alpha value is -1.87. The summed E-state index contributed by atoms with van der Waals surface area (Å²) in [6, 6.07) is 13.6. The molecule has 1 atom stereocenters. The molecule has 0 saturated carbocycles. The molecule has 0 heterocycles. The van der Waals surface area contributed by atoms with Crippen molar-refractivity contribution in [2.24, 2.45) is 5.73 Å². The second kappa shape index (κ2) is 4.97. The van der Waals surface area contributed by atoms with Gasteiger partial charge in [-0.1, -0.05) is 24.3 Å². The molecule has 88 valence electrons. The molecule has 0 aliphatic rings. The van der Waals surface area contributed by atoms with Gasteiger partial charge in [0, 0.05) is 6.04 Å². The summed E-state index contributed by atoms with van der Waals surface area (Å²) in [5.74, 6) is 0.448. The number of hydrogen-bond donors (Lipinski definition) is 1. The van der Waals surface area contributed by atoms with Gasteiger partial charge in [0.1, 0.15) is 5.75 Å². The maximum absolute atomic E-state index is 13.3. The molecule has 2 nitrogen and oxygen atoms in total. The average molecular weight is 231 g/mol. The second-order valence-electron chi connectivity index (χ2n) is 3.89. The quantitative estimate of drug-likeness (QED) is 0.875. The van der Waals surface area contributed by atoms with Crippen molar-refractivity contribution in [2.45, 2.75) is 13.0 Å². The van der Waals surface area contributed by atoms with Crippen molar-refractivity contribution >= 4 is 0 Å². The Bertz CT molecular complexity index is 494. The van der Waals surface area contributed by atoms with Crippen LogP contribution < -0.4 is 10.5 Å². The van der Waals surface area contributed by atoms with Crippen molar-refractivity contribution in [1.29, 1.82) is 0 Å². The standard InChI is InChI=1S/C14H14FNO/c1-10(16)11-6-8-12(9-7-11)17-14-5-3-2-4-13(14)15/h2-10H,16H2,1H3. The van der Waals surface area contributed by atoms with E-state index in [1.807, 2.05) is 19.1 Å². The van der Waals surface area contributed by atoms with Gasteiger partial charge in [0.05, 0.1) is 0 Å². The lowest BCUT2D eigenvalue weighted by molar-refractivity contribution is 0.442. The van der Waals surface area contributed by atoms with Gasteiger partial charge in [0.25, 0.3) is 0 Å². The highest BCUT2D eigenvalue weighted by atomic mass is 19.1. The van der Waals surface area contributed by atoms with Gasteiger partial charge in [-0.05, 0) is 36.8 Å². The van der Waals surface area contributed by atoms with Gasteiger partial charge in [-0.25, -0.2) is 4.39 Å². The molecule has 3 heteroatoms. The zero-order valence-electron chi connectivity index (χ0n) is 9.56. The number of benzene rings is 2. The van der Waals surface area contributed by atoms with E-state index < -0.39 is 0 Å². The normalized spacial score (nSPS) is 12.2. The fraction of sp³-hybridized carbons (Fsp3) is 0.143. The summed E-state index contributed by atoms with van der Waals surface area (Å²) in [6.07, 6.45) is 0. The lowest BCUT2D eigenvalue weighted by Gasteiger charge is -2.09. The van der Waals surface area contributed by atoms with Gasteiger partial charge >= 0.3 is 0 Å². The zero-order chi connectivity index (χ0) is 12.3. The maximum atomic E-state index is 13.3. The third kappa shape index (κ3) is 2.82. The minimum Gasteiger partial charge on any atom is -0.454 e. The van der Waals surface area contributed by atoms with E-state index in [9.17, 15) is 4.39 Å². The summed E-state index contributed by atoms with van der Waals surface area (Å²) >= 11 is 0. The van der Waals surface area contributed by atoms with Crippen LogP contribution in [0.1, 0.15) is 18.5 Å². The first-order valence-electron chi connectivity index (χ1n) is 5.45. The molecule has 0 spiro atoms. The molecule has 0 bridgehead atoms. The van der Waals surface area contributed by atoms with E-state index in [1.54, 1.807) is 30.3 Å². The number of nitrogens with two attached hydrogens (primary N) is 1. The first-order chi connectivity index (χ1) is 8.16. The van der Waals surface area contributed by atoms with Crippen LogP contribution in [-0.2, 0) is 0 Å². The van der Waals surface area contributed by atoms with Crippen molar-refractivity contribution < 1.29 is 9.13 Å². The van der Waals surface area contributed by atoms with E-state index in [-0.39, 0.29) is 17.6 Å². The second-order valence-corrected chi connectivity index (χ2v) is 3.89. The maximum Gasteiger partial charge on any atom is 0.165 e. The van der Waals surface area contributed by atoms with Crippen LogP contribution in [0.2, 0.25) is 0 Å². The lowest BCUT2D eigenvalue weighted by atomic mass is 10.1. The zero-order valence-corrected chi connectivity index (χ0v) is 9.56. The molecule has 0 radical (unpaired) electrons. The average Bonchev–Trinajstić information content (AvgIpc) is 2.33. The Morgan fingerprint density at radius 2 is 1.71 bits per heavy atom. The summed E-state index contributed by atoms with van der Waals surface area (Å²) in [5.41, 5.74) is 6.76. The third-order valence-corrected chi connectivity index (χ3v) is 2.47. The van der Waals surface area contributed by atoms with Gasteiger partial charge in [-0.15, -0.1) is 0 Å². The van der Waals surface area contributed by atoms with Crippen LogP contribution in [0.4, 0.5) is 4.39 Å². The van der Waals surface area contributed by atoms with Crippen LogP contribution in [0.3, 0.4) is 0 Å². The minimum absolute atomic E-state index is 0.0162. The van der Waals surface area contributed by atoms with Crippen molar-refractivity contribution in [2.75, 3.05) is 0 Å². The van der Waals surface area contributed by atoms with Crippen molar-refractivity contribution in [1.82, 2.24) is 0 Å². The first-order valence-corrected chi connectivity index (χ1v) is 5.45. The molecule has 2 N–H and O–H groups in total. The molecule has 0 saturated heterocycles. The summed E-state index contributed by atoms with van der Waals surface area (Å²) in [7, 11) is 0. The smallest absolute Gasteiger partial charge is 0.165 e. The fourth-order valence-corrected chi connectivity index (χ4v) is 1.49. The summed E-state index contributed by atoms with van der Waals surface area (Å²) < 4.78 is 18.8. The molecule has 0 aliphatic carbocycles. The number of halogens is 1. The topological polar surface area (TPSA) is 35.2 Å². The first kappa shape index (κ1) is 11.6. The van der Waals surface area contributed by atoms with Crippen LogP contribution in [0.25, 0.3) is 0 Å². The molecule has 17 heavy (non-hydrogen) atoms. The van der Waals surface area contributed by atoms with Gasteiger partial charge in [0.2, 0.25) is 0 Å². The highest BCUT2D eigenvalue weighted by Crippen LogP contribution is 2.24. The summed E-state index contributed by atoms with van der Waals surface area (Å²) in [6.45, 7) is 1.91. The van der Waals surface area contributed by atoms with E-state index >= 15 is 0 Å². The molecule has 0 fully saturated rings. The number of hydrogen-bond acceptors (Lipinski definition) is 2. The number of para-hydroxylation sites is 1. The Morgan fingerprint density at radius 3 is 2.29 bits per heavy atom. The van der Waals surface area contributed by atoms with E-state index in [1.165, 1.54) is 6.07 Å². The van der Waals surface area contributed by atoms with Gasteiger partial charge in [-0.2, -0.15) is 0 Å². The third-order valence-electron chi connectivity index (χ3n) is 2.47. The van der Waals surface area contributed by atoms with Crippen molar-refractivity contribution in [3.8, 4) is 11.5 Å². The van der Waals surface area contributed by atoms with E-state index in [4.69, 9.17) is 10.5 Å². The highest BCUT2D eigenvalue weighted by Gasteiger charge is 2.04. The van der Waals surface area contributed by atoms with E-state index in [2.05, 4.69) is 0 Å². The Labute approximate surface area is 99.8 Å². The SMILES string of the molecule is CC(N)c1ccc(Oc2ccccc2F)cc1. The van der Waals surface area contributed by atoms with E-state index in [0.29, 0.717) is 5.75 Å². The molecule has 0 amide bonds. The van der Waals surface area contributed by atoms with Gasteiger partial charge in [0.15, 0.2) is 11.6 Å². The van der Waals surface area contributed by atoms with Gasteiger partial charge < -0.3 is 10.5 Å². The lowest BCUT2D eigenvalue weighted by Crippen LogP contribution is -2.04. The molecular formula is C14H14FNO. The fourth-order valence-electron chi connectivity index (χ4n) is 1.49. The number of ether oxygens (including phenoxy) is 1. The van der Waals surface area contributed by atoms with Gasteiger partial charge in [-0.3, -0.25) is 0 Å². The predicted molar refractivity (Wildman–Crippen MR) is 65.5 cm³/mol. The van der Waals surface area contributed by atoms with Crippen LogP contribution in [0.5, 0.6) is 11.5 Å². The predicted octanol–water partition coefficient (Wildman–Crippen LogP) is 3.64. The Morgan fingerprint density at radius 1 is 1.06 bits per heavy atom. The molecule has 2 rings (SSSR count). The van der Waals surface area contributed by atoms with E-state index in [0.717, 1.165) is 5.56 Å². The molecule has 2 aromatic rings. The van der Waals surface area contributed by atoms with Crippen molar-refractivity contribution in [3.63, 3.8) is 0 Å². The Kier molecular flexibility index (Phi) is 3.40. The molecule has 0 aliphatic heterocycles. The van der Waals surface area contributed by atoms with Crippen molar-refractivity contribution in [3.05, 3.63) is 59.9 Å². The van der Waals surface area contributed by atoms with Crippen LogP contribution >= 0.6 is 0 Å². The highest BCUT2D eigenvalue weighted by molar-refractivity contribution is 5.34. The Balaban J connectivity index is 2.17. The molecular weight excluding hydrogens is 217 g/mol. The molecule has 2 aromatic carbocycles.